The average molecular weight is 485 g/mol. The number of para-hydroxylation sites is 1. The van der Waals surface area contributed by atoms with Gasteiger partial charge >= 0.3 is 0 Å². The molecule has 7 rings (SSSR count). The van der Waals surface area contributed by atoms with E-state index in [9.17, 15) is 19.2 Å². The van der Waals surface area contributed by atoms with Gasteiger partial charge in [0.2, 0.25) is 11.8 Å². The molecule has 4 atom stereocenters. The van der Waals surface area contributed by atoms with Crippen LogP contribution in [0.3, 0.4) is 0 Å². The Balaban J connectivity index is 1.19. The molecule has 3 saturated heterocycles. The molecule has 2 bridgehead atoms. The minimum atomic E-state index is -0.629. The third-order valence-corrected chi connectivity index (χ3v) is 8.72. The normalized spacial score (nSPS) is 28.5. The number of piperidine rings is 3. The van der Waals surface area contributed by atoms with Gasteiger partial charge in [0, 0.05) is 43.2 Å². The van der Waals surface area contributed by atoms with E-state index >= 15 is 0 Å². The number of hydrogen-bond donors (Lipinski definition) is 0. The summed E-state index contributed by atoms with van der Waals surface area (Å²) in [5, 5.41) is 0. The predicted octanol–water partition coefficient (Wildman–Crippen LogP) is 2.66. The van der Waals surface area contributed by atoms with Crippen molar-refractivity contribution in [1.29, 1.82) is 0 Å². The highest BCUT2D eigenvalue weighted by Gasteiger charge is 2.49. The molecule has 2 aromatic rings. The van der Waals surface area contributed by atoms with Crippen LogP contribution in [0.4, 0.5) is 5.69 Å². The van der Waals surface area contributed by atoms with Crippen molar-refractivity contribution in [2.75, 3.05) is 31.1 Å². The van der Waals surface area contributed by atoms with Crippen molar-refractivity contribution in [3.05, 3.63) is 65.2 Å². The lowest BCUT2D eigenvalue weighted by Gasteiger charge is -2.52. The van der Waals surface area contributed by atoms with E-state index in [2.05, 4.69) is 4.90 Å². The Kier molecular flexibility index (Phi) is 4.75. The molecule has 8 heteroatoms. The summed E-state index contributed by atoms with van der Waals surface area (Å²) in [4.78, 5) is 60.4. The van der Waals surface area contributed by atoms with Crippen LogP contribution in [0.1, 0.15) is 58.1 Å². The van der Waals surface area contributed by atoms with Gasteiger partial charge in [0.25, 0.3) is 11.8 Å². The largest absolute Gasteiger partial charge is 0.340 e. The number of carbonyl (C=O) groups is 4. The first-order chi connectivity index (χ1) is 17.5. The van der Waals surface area contributed by atoms with Gasteiger partial charge < -0.3 is 14.7 Å². The SMILES string of the molecule is O=C(CN1C(=O)c2ccccc2N2C(=O)c3ccccc3C12)N1CC2CC(C1)C1CCCC(=O)N1C2. The van der Waals surface area contributed by atoms with E-state index in [1.807, 2.05) is 29.2 Å². The van der Waals surface area contributed by atoms with E-state index in [1.54, 1.807) is 34.1 Å². The number of amides is 4. The van der Waals surface area contributed by atoms with Crippen molar-refractivity contribution >= 4 is 29.3 Å². The van der Waals surface area contributed by atoms with E-state index in [4.69, 9.17) is 0 Å². The molecule has 5 aliphatic rings. The number of hydrogen-bond acceptors (Lipinski definition) is 4. The maximum Gasteiger partial charge on any atom is 0.260 e. The van der Waals surface area contributed by atoms with Gasteiger partial charge in [-0.2, -0.15) is 0 Å². The second kappa shape index (κ2) is 7.91. The molecule has 0 aromatic heterocycles. The Morgan fingerprint density at radius 1 is 0.889 bits per heavy atom. The lowest BCUT2D eigenvalue weighted by Crippen LogP contribution is -2.62. The van der Waals surface area contributed by atoms with Gasteiger partial charge in [-0.3, -0.25) is 24.1 Å². The van der Waals surface area contributed by atoms with Crippen LogP contribution < -0.4 is 4.90 Å². The molecular formula is C28H28N4O4. The molecule has 184 valence electrons. The van der Waals surface area contributed by atoms with Gasteiger partial charge in [-0.15, -0.1) is 0 Å². The van der Waals surface area contributed by atoms with Crippen LogP contribution in [0, 0.1) is 11.8 Å². The van der Waals surface area contributed by atoms with Gasteiger partial charge in [0.05, 0.1) is 11.3 Å². The number of anilines is 1. The minimum absolute atomic E-state index is 0.0807. The van der Waals surface area contributed by atoms with Gasteiger partial charge in [-0.25, -0.2) is 0 Å². The van der Waals surface area contributed by atoms with Gasteiger partial charge in [-0.05, 0) is 49.3 Å². The summed E-state index contributed by atoms with van der Waals surface area (Å²) < 4.78 is 0. The zero-order valence-corrected chi connectivity index (χ0v) is 20.0. The Morgan fingerprint density at radius 2 is 1.67 bits per heavy atom. The van der Waals surface area contributed by atoms with Crippen molar-refractivity contribution < 1.29 is 19.2 Å². The van der Waals surface area contributed by atoms with Crippen molar-refractivity contribution in [3.63, 3.8) is 0 Å². The van der Waals surface area contributed by atoms with Crippen LogP contribution in [-0.2, 0) is 9.59 Å². The van der Waals surface area contributed by atoms with Gasteiger partial charge in [0.15, 0.2) is 0 Å². The highest BCUT2D eigenvalue weighted by Crippen LogP contribution is 2.45. The molecule has 0 spiro atoms. The van der Waals surface area contributed by atoms with Crippen molar-refractivity contribution in [3.8, 4) is 0 Å². The highest BCUT2D eigenvalue weighted by molar-refractivity contribution is 6.17. The summed E-state index contributed by atoms with van der Waals surface area (Å²) in [6.07, 6.45) is 2.97. The maximum absolute atomic E-state index is 13.7. The summed E-state index contributed by atoms with van der Waals surface area (Å²) in [5.41, 5.74) is 2.35. The fourth-order valence-corrected chi connectivity index (χ4v) is 7.19. The molecule has 36 heavy (non-hydrogen) atoms. The Hall–Kier alpha value is -3.68. The first-order valence-electron chi connectivity index (χ1n) is 12.9. The summed E-state index contributed by atoms with van der Waals surface area (Å²) >= 11 is 0. The lowest BCUT2D eigenvalue weighted by molar-refractivity contribution is -0.149. The number of carbonyl (C=O) groups excluding carboxylic acids is 4. The van der Waals surface area contributed by atoms with Crippen molar-refractivity contribution in [2.45, 2.75) is 37.9 Å². The molecular weight excluding hydrogens is 456 g/mol. The molecule has 0 aliphatic carbocycles. The smallest absolute Gasteiger partial charge is 0.260 e. The fraction of sp³-hybridized carbons (Fsp3) is 0.429. The van der Waals surface area contributed by atoms with Crippen LogP contribution >= 0.6 is 0 Å². The zero-order chi connectivity index (χ0) is 24.6. The Morgan fingerprint density at radius 3 is 2.53 bits per heavy atom. The quantitative estimate of drug-likeness (QED) is 0.657. The first kappa shape index (κ1) is 21.6. The standard InChI is InChI=1S/C28H28N4O4/c33-24-11-5-10-22-18-12-17(14-30(22)24)13-29(15-18)25(34)16-31-26-19-6-1-2-7-20(19)28(36)32(26)23-9-4-3-8-21(23)27(31)35/h1-4,6-9,17-18,22,26H,5,10-16H2. The second-order valence-corrected chi connectivity index (χ2v) is 10.8. The summed E-state index contributed by atoms with van der Waals surface area (Å²) in [7, 11) is 0. The van der Waals surface area contributed by atoms with E-state index in [0.29, 0.717) is 36.3 Å². The summed E-state index contributed by atoms with van der Waals surface area (Å²) in [6, 6.07) is 14.7. The van der Waals surface area contributed by atoms with Crippen LogP contribution in [0.2, 0.25) is 0 Å². The number of likely N-dealkylation sites (tertiary alicyclic amines) is 1. The molecule has 2 aromatic carbocycles. The zero-order valence-electron chi connectivity index (χ0n) is 20.0. The Bertz CT molecular complexity index is 1310. The van der Waals surface area contributed by atoms with Crippen molar-refractivity contribution in [1.82, 2.24) is 14.7 Å². The monoisotopic (exact) mass is 484 g/mol. The fourth-order valence-electron chi connectivity index (χ4n) is 7.19. The molecule has 0 saturated carbocycles. The number of rotatable bonds is 2. The van der Waals surface area contributed by atoms with Gasteiger partial charge in [-0.1, -0.05) is 30.3 Å². The summed E-state index contributed by atoms with van der Waals surface area (Å²) in [6.45, 7) is 1.86. The molecule has 3 fully saturated rings. The van der Waals surface area contributed by atoms with Crippen LogP contribution in [0.15, 0.2) is 48.5 Å². The van der Waals surface area contributed by atoms with E-state index < -0.39 is 6.17 Å². The highest BCUT2D eigenvalue weighted by atomic mass is 16.2. The molecule has 4 amide bonds. The average Bonchev–Trinajstić information content (AvgIpc) is 3.19. The minimum Gasteiger partial charge on any atom is -0.340 e. The molecule has 0 radical (unpaired) electrons. The third kappa shape index (κ3) is 3.06. The van der Waals surface area contributed by atoms with Gasteiger partial charge in [0.1, 0.15) is 12.7 Å². The lowest BCUT2D eigenvalue weighted by atomic mass is 9.76. The number of nitrogens with zero attached hydrogens (tertiary/aromatic N) is 4. The molecule has 8 nitrogen and oxygen atoms in total. The van der Waals surface area contributed by atoms with E-state index in [0.717, 1.165) is 31.4 Å². The predicted molar refractivity (Wildman–Crippen MR) is 131 cm³/mol. The molecule has 4 unspecified atom stereocenters. The topological polar surface area (TPSA) is 81.2 Å². The molecule has 0 N–H and O–H groups in total. The molecule has 5 heterocycles. The second-order valence-electron chi connectivity index (χ2n) is 10.8. The van der Waals surface area contributed by atoms with E-state index in [-0.39, 0.29) is 48.1 Å². The van der Waals surface area contributed by atoms with E-state index in [1.165, 1.54) is 0 Å². The van der Waals surface area contributed by atoms with Crippen molar-refractivity contribution in [2.24, 2.45) is 11.8 Å². The molecule has 5 aliphatic heterocycles. The number of fused-ring (bicyclic) bond motifs is 9. The maximum atomic E-state index is 13.7. The third-order valence-electron chi connectivity index (χ3n) is 8.72. The van der Waals surface area contributed by atoms with Crippen LogP contribution in [0.25, 0.3) is 0 Å². The van der Waals surface area contributed by atoms with Crippen LogP contribution in [0.5, 0.6) is 0 Å². The Labute approximate surface area is 209 Å². The first-order valence-corrected chi connectivity index (χ1v) is 12.9. The van der Waals surface area contributed by atoms with Crippen LogP contribution in [-0.4, -0.2) is 70.5 Å². The summed E-state index contributed by atoms with van der Waals surface area (Å²) in [5.74, 6) is 0.337. The number of benzene rings is 2.